The summed E-state index contributed by atoms with van der Waals surface area (Å²) in [6.07, 6.45) is 3.71. The molecule has 12 heteroatoms. The van der Waals surface area contributed by atoms with Crippen molar-refractivity contribution in [1.29, 1.82) is 0 Å². The Labute approximate surface area is 279 Å². The second-order valence-corrected chi connectivity index (χ2v) is 14.1. The summed E-state index contributed by atoms with van der Waals surface area (Å²) in [4.78, 5) is 18.9. The number of halogens is 2. The largest absolute Gasteiger partial charge is 0.508 e. The molecular weight excluding hydrogens is 614 g/mol. The average molecular weight is 659 g/mol. The summed E-state index contributed by atoms with van der Waals surface area (Å²) in [5.74, 6) is 1.70. The third-order valence-corrected chi connectivity index (χ3v) is 10.8. The highest BCUT2D eigenvalue weighted by molar-refractivity contribution is 5.98. The van der Waals surface area contributed by atoms with Gasteiger partial charge in [-0.25, -0.2) is 8.78 Å². The Bertz CT molecular complexity index is 1860. The highest BCUT2D eigenvalue weighted by atomic mass is 19.1. The first-order valence-corrected chi connectivity index (χ1v) is 17.3. The minimum atomic E-state index is -0.841. The van der Waals surface area contributed by atoms with Gasteiger partial charge in [0, 0.05) is 75.5 Å². The highest BCUT2D eigenvalue weighted by Gasteiger charge is 2.49. The third kappa shape index (κ3) is 5.38. The minimum absolute atomic E-state index is 0.144. The fourth-order valence-electron chi connectivity index (χ4n) is 8.49. The lowest BCUT2D eigenvalue weighted by atomic mass is 9.95. The van der Waals surface area contributed by atoms with Crippen LogP contribution >= 0.6 is 0 Å². The van der Waals surface area contributed by atoms with Crippen LogP contribution in [0.1, 0.15) is 55.1 Å². The van der Waals surface area contributed by atoms with Crippen LogP contribution in [0.25, 0.3) is 10.8 Å². The van der Waals surface area contributed by atoms with Crippen LogP contribution in [-0.4, -0.2) is 88.3 Å². The first-order chi connectivity index (χ1) is 23.2. The van der Waals surface area contributed by atoms with Crippen molar-refractivity contribution in [1.82, 2.24) is 24.6 Å². The maximum absolute atomic E-state index is 15.1. The molecule has 2 saturated heterocycles. The predicted octanol–water partition coefficient (Wildman–Crippen LogP) is 5.23. The average Bonchev–Trinajstić information content (AvgIpc) is 3.70. The van der Waals surface area contributed by atoms with Crippen LogP contribution in [0.5, 0.6) is 11.8 Å². The molecule has 0 amide bonds. The molecule has 0 bridgehead atoms. The van der Waals surface area contributed by atoms with Gasteiger partial charge in [-0.05, 0) is 61.7 Å². The van der Waals surface area contributed by atoms with E-state index in [-0.39, 0.29) is 17.1 Å². The van der Waals surface area contributed by atoms with Crippen molar-refractivity contribution in [3.63, 3.8) is 0 Å². The van der Waals surface area contributed by atoms with Crippen LogP contribution in [0.4, 0.5) is 26.1 Å². The molecule has 2 atom stereocenters. The van der Waals surface area contributed by atoms with Gasteiger partial charge < -0.3 is 24.5 Å². The number of aromatic nitrogens is 4. The number of benzene rings is 2. The number of nitrogens with zero attached hydrogens (tertiary/aromatic N) is 8. The first kappa shape index (κ1) is 31.1. The second-order valence-electron chi connectivity index (χ2n) is 14.1. The number of phenols is 1. The van der Waals surface area contributed by atoms with E-state index < -0.39 is 6.17 Å². The van der Waals surface area contributed by atoms with E-state index in [4.69, 9.17) is 19.8 Å². The van der Waals surface area contributed by atoms with E-state index in [1.54, 1.807) is 18.2 Å². The zero-order valence-corrected chi connectivity index (χ0v) is 28.1. The van der Waals surface area contributed by atoms with E-state index in [2.05, 4.69) is 25.4 Å². The van der Waals surface area contributed by atoms with Crippen molar-refractivity contribution >= 4 is 28.1 Å². The highest BCUT2D eigenvalue weighted by Crippen LogP contribution is 2.42. The van der Waals surface area contributed by atoms with Crippen LogP contribution < -0.4 is 19.4 Å². The lowest BCUT2D eigenvalue weighted by Gasteiger charge is -2.35. The van der Waals surface area contributed by atoms with Gasteiger partial charge in [-0.2, -0.15) is 15.1 Å². The van der Waals surface area contributed by atoms with Gasteiger partial charge >= 0.3 is 6.01 Å². The van der Waals surface area contributed by atoms with E-state index in [9.17, 15) is 9.50 Å². The maximum Gasteiger partial charge on any atom is 0.318 e. The van der Waals surface area contributed by atoms with E-state index in [0.717, 1.165) is 83.9 Å². The Morgan fingerprint density at radius 1 is 1.04 bits per heavy atom. The van der Waals surface area contributed by atoms with Gasteiger partial charge in [0.05, 0.1) is 30.0 Å². The molecule has 4 aliphatic heterocycles. The van der Waals surface area contributed by atoms with E-state index in [1.165, 1.54) is 6.07 Å². The molecule has 8 rings (SSSR count). The lowest BCUT2D eigenvalue weighted by molar-refractivity contribution is 0.107. The zero-order chi connectivity index (χ0) is 33.2. The Morgan fingerprint density at radius 3 is 2.75 bits per heavy atom. The van der Waals surface area contributed by atoms with Crippen molar-refractivity contribution in [2.24, 2.45) is 0 Å². The Hall–Kier alpha value is -4.19. The van der Waals surface area contributed by atoms with Crippen LogP contribution in [0.3, 0.4) is 0 Å². The Balaban J connectivity index is 1.18. The summed E-state index contributed by atoms with van der Waals surface area (Å²) < 4.78 is 38.2. The van der Waals surface area contributed by atoms with Crippen LogP contribution in [-0.2, 0) is 32.5 Å². The summed E-state index contributed by atoms with van der Waals surface area (Å²) in [6.45, 7) is 7.08. The number of rotatable bonds is 7. The van der Waals surface area contributed by atoms with E-state index >= 15 is 4.39 Å². The molecule has 0 aliphatic carbocycles. The van der Waals surface area contributed by atoms with Crippen LogP contribution in [0.2, 0.25) is 0 Å². The molecule has 2 aromatic heterocycles. The number of ether oxygens (including phenoxy) is 1. The van der Waals surface area contributed by atoms with Gasteiger partial charge in [0.1, 0.15) is 36.0 Å². The molecule has 6 heterocycles. The molecule has 1 N–H and O–H groups in total. The summed E-state index contributed by atoms with van der Waals surface area (Å²) in [5.41, 5.74) is 4.19. The molecule has 0 saturated carbocycles. The number of hydrogen-bond acceptors (Lipinski definition) is 9. The van der Waals surface area contributed by atoms with Crippen molar-refractivity contribution in [3.05, 3.63) is 58.7 Å². The molecule has 2 fully saturated rings. The van der Waals surface area contributed by atoms with Gasteiger partial charge in [0.15, 0.2) is 0 Å². The minimum Gasteiger partial charge on any atom is -0.508 e. The molecule has 4 aliphatic rings. The molecule has 2 aromatic carbocycles. The molecule has 0 radical (unpaired) electrons. The molecular formula is C36H44F2N8O2. The summed E-state index contributed by atoms with van der Waals surface area (Å²) >= 11 is 0. The van der Waals surface area contributed by atoms with Gasteiger partial charge in [-0.3, -0.25) is 9.58 Å². The molecule has 0 spiro atoms. The van der Waals surface area contributed by atoms with Gasteiger partial charge in [-0.1, -0.05) is 13.0 Å². The number of fused-ring (bicyclic) bond motifs is 4. The third-order valence-electron chi connectivity index (χ3n) is 10.8. The van der Waals surface area contributed by atoms with E-state index in [1.807, 2.05) is 25.9 Å². The zero-order valence-electron chi connectivity index (χ0n) is 28.1. The van der Waals surface area contributed by atoms with E-state index in [0.29, 0.717) is 63.6 Å². The van der Waals surface area contributed by atoms with Gasteiger partial charge in [0.2, 0.25) is 0 Å². The topological polar surface area (TPSA) is 86.0 Å². The van der Waals surface area contributed by atoms with Crippen molar-refractivity contribution in [2.45, 2.75) is 76.8 Å². The summed E-state index contributed by atoms with van der Waals surface area (Å²) in [5, 5.41) is 17.2. The van der Waals surface area contributed by atoms with Gasteiger partial charge in [0.25, 0.3) is 0 Å². The standard InChI is InChI=1S/C36H44F2N8O2/c1-4-27-29(38)8-7-23-15-26(47)17-31(33(23)27)43-14-9-28-30(21-43)39-35(48-22-36-10-5-12-45(36)19-24(37)18-36)40-34(28)44-11-6-13-46-25(20-44)16-32(41-46)42(2)3/h7-8,15-17,24,47H,4-6,9-14,18-22H2,1-3H3/t24-,36+/m1/s1. The first-order valence-electron chi connectivity index (χ1n) is 17.3. The second kappa shape index (κ2) is 12.0. The number of aromatic hydroxyl groups is 1. The van der Waals surface area contributed by atoms with Crippen LogP contribution in [0, 0.1) is 5.82 Å². The lowest BCUT2D eigenvalue weighted by Crippen LogP contribution is -2.43. The van der Waals surface area contributed by atoms with Crippen LogP contribution in [0.15, 0.2) is 30.3 Å². The predicted molar refractivity (Wildman–Crippen MR) is 183 cm³/mol. The van der Waals surface area contributed by atoms with Crippen molar-refractivity contribution < 1.29 is 18.6 Å². The summed E-state index contributed by atoms with van der Waals surface area (Å²) in [6, 6.07) is 9.11. The number of hydrogen-bond donors (Lipinski definition) is 1. The molecule has 4 aromatic rings. The SMILES string of the molecule is CCc1c(F)ccc2cc(O)cc(N3CCc4c(nc(OC[C@@]56CCCN5C[C@H](F)C6)nc4N4CCCn5nc(N(C)C)cc5C4)C3)c12. The van der Waals surface area contributed by atoms with Crippen molar-refractivity contribution in [2.75, 3.05) is 61.6 Å². The monoisotopic (exact) mass is 658 g/mol. The fraction of sp³-hybridized carbons (Fsp3) is 0.528. The summed E-state index contributed by atoms with van der Waals surface area (Å²) in [7, 11) is 4.01. The Morgan fingerprint density at radius 2 is 1.92 bits per heavy atom. The number of anilines is 3. The number of phenolic OH excluding ortho intramolecular Hbond substituents is 1. The van der Waals surface area contributed by atoms with Gasteiger partial charge in [-0.15, -0.1) is 0 Å². The Kier molecular flexibility index (Phi) is 7.81. The van der Waals surface area contributed by atoms with Crippen molar-refractivity contribution in [3.8, 4) is 11.8 Å². The molecule has 10 nitrogen and oxygen atoms in total. The molecule has 0 unspecified atom stereocenters. The maximum atomic E-state index is 15.1. The normalized spacial score (nSPS) is 22.5. The number of alkyl halides is 1. The number of aryl methyl sites for hydroxylation is 2. The quantitative estimate of drug-likeness (QED) is 0.287. The smallest absolute Gasteiger partial charge is 0.318 e. The molecule has 254 valence electrons. The molecule has 48 heavy (non-hydrogen) atoms. The fourth-order valence-corrected chi connectivity index (χ4v) is 8.49.